The zero-order valence-corrected chi connectivity index (χ0v) is 12.2. The Hall–Kier alpha value is -0.500. The van der Waals surface area contributed by atoms with E-state index in [4.69, 9.17) is 10.5 Å². The second-order valence-corrected chi connectivity index (χ2v) is 4.19. The normalized spacial score (nSPS) is 10.1. The van der Waals surface area contributed by atoms with Crippen LogP contribution in [0.3, 0.4) is 0 Å². The summed E-state index contributed by atoms with van der Waals surface area (Å²) >= 11 is 0. The van der Waals surface area contributed by atoms with Gasteiger partial charge in [-0.25, -0.2) is 0 Å². The van der Waals surface area contributed by atoms with Crippen molar-refractivity contribution in [3.05, 3.63) is 12.3 Å². The summed E-state index contributed by atoms with van der Waals surface area (Å²) in [5.74, 6) is 0. The van der Waals surface area contributed by atoms with Crippen molar-refractivity contribution in [2.24, 2.45) is 5.73 Å². The first-order chi connectivity index (χ1) is 8.33. The molecule has 0 bridgehead atoms. The SMILES string of the molecule is CC=COCC.CCCCCCCCCCN. The van der Waals surface area contributed by atoms with Crippen LogP contribution in [0, 0.1) is 0 Å². The fraction of sp³-hybridized carbons (Fsp3) is 0.867. The molecule has 0 rings (SSSR count). The maximum Gasteiger partial charge on any atom is 0.0845 e. The molecule has 0 aromatic rings. The van der Waals surface area contributed by atoms with Crippen LogP contribution < -0.4 is 5.73 Å². The predicted molar refractivity (Wildman–Crippen MR) is 78.1 cm³/mol. The topological polar surface area (TPSA) is 35.2 Å². The zero-order valence-electron chi connectivity index (χ0n) is 12.2. The lowest BCUT2D eigenvalue weighted by molar-refractivity contribution is 0.269. The summed E-state index contributed by atoms with van der Waals surface area (Å²) in [4.78, 5) is 0. The van der Waals surface area contributed by atoms with E-state index in [1.54, 1.807) is 6.26 Å². The number of unbranched alkanes of at least 4 members (excludes halogenated alkanes) is 7. The molecule has 104 valence electrons. The molecule has 17 heavy (non-hydrogen) atoms. The Labute approximate surface area is 109 Å². The van der Waals surface area contributed by atoms with Crippen LogP contribution in [0.5, 0.6) is 0 Å². The second-order valence-electron chi connectivity index (χ2n) is 4.19. The van der Waals surface area contributed by atoms with E-state index in [2.05, 4.69) is 6.92 Å². The number of ether oxygens (including phenoxy) is 1. The van der Waals surface area contributed by atoms with E-state index in [0.717, 1.165) is 13.2 Å². The van der Waals surface area contributed by atoms with Gasteiger partial charge in [-0.2, -0.15) is 0 Å². The molecule has 0 aromatic heterocycles. The summed E-state index contributed by atoms with van der Waals surface area (Å²) < 4.78 is 4.80. The average molecular weight is 243 g/mol. The third kappa shape index (κ3) is 25.6. The van der Waals surface area contributed by atoms with Gasteiger partial charge in [0, 0.05) is 0 Å². The van der Waals surface area contributed by atoms with Gasteiger partial charge in [0.1, 0.15) is 0 Å². The van der Waals surface area contributed by atoms with Crippen molar-refractivity contribution in [3.8, 4) is 0 Å². The first-order valence-corrected chi connectivity index (χ1v) is 7.26. The summed E-state index contributed by atoms with van der Waals surface area (Å²) in [6.45, 7) is 7.78. The highest BCUT2D eigenvalue weighted by atomic mass is 16.5. The molecular weight excluding hydrogens is 210 g/mol. The van der Waals surface area contributed by atoms with E-state index in [1.807, 2.05) is 19.9 Å². The highest BCUT2D eigenvalue weighted by Crippen LogP contribution is 2.07. The number of hydrogen-bond donors (Lipinski definition) is 1. The molecule has 0 aromatic carbocycles. The second kappa shape index (κ2) is 20.9. The molecular formula is C15H33NO. The third-order valence-electron chi connectivity index (χ3n) is 2.46. The summed E-state index contributed by atoms with van der Waals surface area (Å²) in [6, 6.07) is 0. The minimum Gasteiger partial charge on any atom is -0.502 e. The van der Waals surface area contributed by atoms with Crippen molar-refractivity contribution in [1.82, 2.24) is 0 Å². The smallest absolute Gasteiger partial charge is 0.0845 e. The third-order valence-corrected chi connectivity index (χ3v) is 2.46. The van der Waals surface area contributed by atoms with Crippen LogP contribution in [0.1, 0.15) is 72.1 Å². The maximum absolute atomic E-state index is 5.39. The molecule has 0 aliphatic heterocycles. The van der Waals surface area contributed by atoms with Gasteiger partial charge in [0.05, 0.1) is 12.9 Å². The Morgan fingerprint density at radius 2 is 1.41 bits per heavy atom. The summed E-state index contributed by atoms with van der Waals surface area (Å²) in [5.41, 5.74) is 5.39. The van der Waals surface area contributed by atoms with Crippen molar-refractivity contribution in [2.75, 3.05) is 13.2 Å². The molecule has 0 heterocycles. The van der Waals surface area contributed by atoms with Gasteiger partial charge in [0.15, 0.2) is 0 Å². The fourth-order valence-corrected chi connectivity index (χ4v) is 1.47. The fourth-order valence-electron chi connectivity index (χ4n) is 1.47. The molecule has 0 fully saturated rings. The predicted octanol–water partition coefficient (Wildman–Crippen LogP) is 4.64. The zero-order chi connectivity index (χ0) is 13.2. The Bertz CT molecular complexity index is 127. The lowest BCUT2D eigenvalue weighted by Gasteiger charge is -1.99. The van der Waals surface area contributed by atoms with E-state index in [9.17, 15) is 0 Å². The average Bonchev–Trinajstić information content (AvgIpc) is 2.36. The molecule has 0 amide bonds. The quantitative estimate of drug-likeness (QED) is 0.448. The number of nitrogens with two attached hydrogens (primary N) is 1. The summed E-state index contributed by atoms with van der Waals surface area (Å²) in [5, 5.41) is 0. The molecule has 0 atom stereocenters. The van der Waals surface area contributed by atoms with Crippen LogP contribution in [0.15, 0.2) is 12.3 Å². The van der Waals surface area contributed by atoms with Crippen molar-refractivity contribution < 1.29 is 4.74 Å². The van der Waals surface area contributed by atoms with Crippen LogP contribution in [0.4, 0.5) is 0 Å². The van der Waals surface area contributed by atoms with E-state index in [0.29, 0.717) is 0 Å². The monoisotopic (exact) mass is 243 g/mol. The number of hydrogen-bond acceptors (Lipinski definition) is 2. The molecule has 0 aliphatic carbocycles. The molecule has 2 nitrogen and oxygen atoms in total. The molecule has 0 aliphatic rings. The van der Waals surface area contributed by atoms with Gasteiger partial charge < -0.3 is 10.5 Å². The minimum atomic E-state index is 0.768. The Kier molecular flexibility index (Phi) is 23.1. The van der Waals surface area contributed by atoms with Crippen molar-refractivity contribution in [1.29, 1.82) is 0 Å². The molecule has 0 radical (unpaired) electrons. The molecule has 0 spiro atoms. The van der Waals surface area contributed by atoms with Crippen molar-refractivity contribution in [3.63, 3.8) is 0 Å². The van der Waals surface area contributed by atoms with Crippen LogP contribution in [0.25, 0.3) is 0 Å². The van der Waals surface area contributed by atoms with Crippen LogP contribution in [0.2, 0.25) is 0 Å². The van der Waals surface area contributed by atoms with Gasteiger partial charge in [-0.05, 0) is 26.8 Å². The standard InChI is InChI=1S/C10H23N.C5H10O/c1-2-3-4-5-6-7-8-9-10-11;1-3-5-6-4-2/h2-11H2,1H3;3,5H,4H2,1-2H3. The number of allylic oxidation sites excluding steroid dienone is 1. The van der Waals surface area contributed by atoms with Crippen molar-refractivity contribution >= 4 is 0 Å². The molecule has 2 heteroatoms. The van der Waals surface area contributed by atoms with Crippen LogP contribution in [-0.2, 0) is 4.74 Å². The van der Waals surface area contributed by atoms with E-state index >= 15 is 0 Å². The van der Waals surface area contributed by atoms with Gasteiger partial charge in [-0.1, -0.05) is 57.9 Å². The molecule has 0 saturated carbocycles. The van der Waals surface area contributed by atoms with Gasteiger partial charge in [0.2, 0.25) is 0 Å². The van der Waals surface area contributed by atoms with E-state index in [1.165, 1.54) is 51.4 Å². The molecule has 0 unspecified atom stereocenters. The first-order valence-electron chi connectivity index (χ1n) is 7.26. The largest absolute Gasteiger partial charge is 0.502 e. The van der Waals surface area contributed by atoms with E-state index in [-0.39, 0.29) is 0 Å². The molecule has 2 N–H and O–H groups in total. The van der Waals surface area contributed by atoms with Gasteiger partial charge in [-0.3, -0.25) is 0 Å². The summed E-state index contributed by atoms with van der Waals surface area (Å²) in [6.07, 6.45) is 14.5. The Morgan fingerprint density at radius 3 is 1.76 bits per heavy atom. The number of rotatable bonds is 10. The van der Waals surface area contributed by atoms with Crippen molar-refractivity contribution in [2.45, 2.75) is 72.1 Å². The Morgan fingerprint density at radius 1 is 0.882 bits per heavy atom. The Balaban J connectivity index is 0. The summed E-state index contributed by atoms with van der Waals surface area (Å²) in [7, 11) is 0. The van der Waals surface area contributed by atoms with Gasteiger partial charge >= 0.3 is 0 Å². The van der Waals surface area contributed by atoms with Crippen LogP contribution in [-0.4, -0.2) is 13.2 Å². The first kappa shape index (κ1) is 18.9. The highest BCUT2D eigenvalue weighted by Gasteiger charge is 1.89. The van der Waals surface area contributed by atoms with Crippen LogP contribution >= 0.6 is 0 Å². The maximum atomic E-state index is 5.39. The van der Waals surface area contributed by atoms with Gasteiger partial charge in [-0.15, -0.1) is 0 Å². The minimum absolute atomic E-state index is 0.768. The molecule has 0 saturated heterocycles. The lowest BCUT2D eigenvalue weighted by atomic mass is 10.1. The highest BCUT2D eigenvalue weighted by molar-refractivity contribution is 4.64. The lowest BCUT2D eigenvalue weighted by Crippen LogP contribution is -1.97. The van der Waals surface area contributed by atoms with E-state index < -0.39 is 0 Å². The van der Waals surface area contributed by atoms with Gasteiger partial charge in [0.25, 0.3) is 0 Å².